The molecule has 0 saturated heterocycles. The molecule has 0 amide bonds. The van der Waals surface area contributed by atoms with Gasteiger partial charge in [-0.05, 0) is 0 Å². The van der Waals surface area contributed by atoms with Crippen molar-refractivity contribution in [2.75, 3.05) is 18.9 Å². The van der Waals surface area contributed by atoms with Crippen molar-refractivity contribution in [3.05, 3.63) is 0 Å². The fourth-order valence-corrected chi connectivity index (χ4v) is 3.55. The van der Waals surface area contributed by atoms with Crippen LogP contribution in [0.3, 0.4) is 0 Å². The SMILES string of the molecule is N.N.O=P(O)(O)CN(CP(=O)(O)O)CP(=O)(O)O.[Pt+2]. The molecule has 0 heterocycles. The Labute approximate surface area is 123 Å². The van der Waals surface area contributed by atoms with Gasteiger partial charge in [-0.25, -0.2) is 0 Å². The molecule has 0 aliphatic rings. The zero-order valence-corrected chi connectivity index (χ0v) is 14.5. The van der Waals surface area contributed by atoms with Crippen LogP contribution < -0.4 is 12.3 Å². The molecule has 0 aromatic heterocycles. The first kappa shape index (κ1) is 28.2. The molecule has 122 valence electrons. The minimum absolute atomic E-state index is 0. The number of hydrogen-bond donors (Lipinski definition) is 8. The second-order valence-electron chi connectivity index (χ2n) is 3.09. The summed E-state index contributed by atoms with van der Waals surface area (Å²) in [7, 11) is -14.0. The molecule has 12 nitrogen and oxygen atoms in total. The first-order valence-electron chi connectivity index (χ1n) is 3.65. The van der Waals surface area contributed by atoms with Gasteiger partial charge < -0.3 is 41.7 Å². The molecule has 0 unspecified atom stereocenters. The Morgan fingerprint density at radius 1 is 0.632 bits per heavy atom. The van der Waals surface area contributed by atoms with Crippen LogP contribution >= 0.6 is 22.8 Å². The van der Waals surface area contributed by atoms with E-state index in [1.54, 1.807) is 0 Å². The normalized spacial score (nSPS) is 12.2. The van der Waals surface area contributed by atoms with E-state index in [-0.39, 0.29) is 33.4 Å². The predicted molar refractivity (Wildman–Crippen MR) is 62.6 cm³/mol. The quantitative estimate of drug-likeness (QED) is 0.194. The van der Waals surface area contributed by atoms with E-state index in [2.05, 4.69) is 0 Å². The van der Waals surface area contributed by atoms with Crippen molar-refractivity contribution in [3.8, 4) is 0 Å². The second kappa shape index (κ2) is 9.86. The van der Waals surface area contributed by atoms with E-state index < -0.39 is 41.6 Å². The standard InChI is InChI=1S/C3H12NO9P3.2H3N.Pt/c5-14(6,7)1-4(2-15(8,9)10)3-16(11,12)13;;;/h1-3H2,(H2,5,6,7)(H2,8,9,10)(H2,11,12,13);2*1H3;/q;;;+2. The van der Waals surface area contributed by atoms with Crippen LogP contribution in [0, 0.1) is 0 Å². The monoisotopic (exact) mass is 528 g/mol. The minimum Gasteiger partial charge on any atom is -0.344 e. The minimum atomic E-state index is -4.65. The summed E-state index contributed by atoms with van der Waals surface area (Å²) in [6.07, 6.45) is -3.41. The van der Waals surface area contributed by atoms with Crippen LogP contribution in [0.5, 0.6) is 0 Å². The Hall–Kier alpha value is 1.02. The van der Waals surface area contributed by atoms with E-state index in [9.17, 15) is 13.7 Å². The van der Waals surface area contributed by atoms with E-state index >= 15 is 0 Å². The van der Waals surface area contributed by atoms with Crippen molar-refractivity contribution in [3.63, 3.8) is 0 Å². The molecule has 0 aromatic carbocycles. The topological polar surface area (TPSA) is 246 Å². The zero-order chi connectivity index (χ0) is 13.2. The Morgan fingerprint density at radius 3 is 0.895 bits per heavy atom. The molecule has 0 spiro atoms. The van der Waals surface area contributed by atoms with E-state index in [0.29, 0.717) is 4.90 Å². The van der Waals surface area contributed by atoms with Gasteiger partial charge in [0.1, 0.15) is 18.9 Å². The van der Waals surface area contributed by atoms with Crippen molar-refractivity contribution in [1.82, 2.24) is 17.2 Å². The average molecular weight is 528 g/mol. The largest absolute Gasteiger partial charge is 2.00 e. The van der Waals surface area contributed by atoms with Crippen LogP contribution in [0.2, 0.25) is 0 Å². The number of hydrogen-bond acceptors (Lipinski definition) is 6. The fourth-order valence-electron chi connectivity index (χ4n) is 0.916. The maximum atomic E-state index is 10.6. The summed E-state index contributed by atoms with van der Waals surface area (Å²) >= 11 is 0. The summed E-state index contributed by atoms with van der Waals surface area (Å²) in [5.74, 6) is 0. The number of rotatable bonds is 6. The Kier molecular flexibility index (Phi) is 14.7. The third-order valence-electron chi connectivity index (χ3n) is 1.15. The molecule has 0 aliphatic carbocycles. The summed E-state index contributed by atoms with van der Waals surface area (Å²) in [6.45, 7) is 0. The molecule has 0 fully saturated rings. The molecule has 0 atom stereocenters. The van der Waals surface area contributed by atoms with Crippen LogP contribution in [-0.4, -0.2) is 53.1 Å². The maximum Gasteiger partial charge on any atom is 2.00 e. The maximum absolute atomic E-state index is 10.6. The predicted octanol–water partition coefficient (Wildman–Crippen LogP) is -0.985. The first-order valence-corrected chi connectivity index (χ1v) is 9.04. The second-order valence-corrected chi connectivity index (χ2v) is 7.93. The van der Waals surface area contributed by atoms with E-state index in [4.69, 9.17) is 29.4 Å². The van der Waals surface area contributed by atoms with Gasteiger partial charge in [0.25, 0.3) is 0 Å². The molecular weight excluding hydrogens is 510 g/mol. The van der Waals surface area contributed by atoms with Gasteiger partial charge in [-0.2, -0.15) is 0 Å². The van der Waals surface area contributed by atoms with Crippen molar-refractivity contribution in [2.45, 2.75) is 0 Å². The van der Waals surface area contributed by atoms with Gasteiger partial charge in [-0.3, -0.25) is 18.6 Å². The average Bonchev–Trinajstić information content (AvgIpc) is 1.70. The van der Waals surface area contributed by atoms with E-state index in [0.717, 1.165) is 0 Å². The fraction of sp³-hybridized carbons (Fsp3) is 1.00. The van der Waals surface area contributed by atoms with Gasteiger partial charge in [-0.15, -0.1) is 0 Å². The Morgan fingerprint density at radius 2 is 0.789 bits per heavy atom. The number of nitrogens with zero attached hydrogens (tertiary/aromatic N) is 1. The molecule has 0 bridgehead atoms. The van der Waals surface area contributed by atoms with Gasteiger partial charge >= 0.3 is 43.9 Å². The molecule has 19 heavy (non-hydrogen) atoms. The molecular formula is C3H18N3O9P3Pt+2. The van der Waals surface area contributed by atoms with Crippen molar-refractivity contribution in [2.24, 2.45) is 0 Å². The summed E-state index contributed by atoms with van der Waals surface area (Å²) in [4.78, 5) is 51.6. The van der Waals surface area contributed by atoms with Crippen LogP contribution in [0.4, 0.5) is 0 Å². The van der Waals surface area contributed by atoms with Crippen LogP contribution in [-0.2, 0) is 34.8 Å². The third-order valence-corrected chi connectivity index (χ3v) is 3.46. The van der Waals surface area contributed by atoms with Crippen LogP contribution in [0.15, 0.2) is 0 Å². The van der Waals surface area contributed by atoms with E-state index in [1.807, 2.05) is 0 Å². The molecule has 0 radical (unpaired) electrons. The molecule has 16 heteroatoms. The Bertz CT molecular complexity index is 317. The van der Waals surface area contributed by atoms with Gasteiger partial charge in [-0.1, -0.05) is 0 Å². The Balaban J connectivity index is -0.000000375. The van der Waals surface area contributed by atoms with Crippen molar-refractivity contribution in [1.29, 1.82) is 0 Å². The molecule has 0 aliphatic heterocycles. The third kappa shape index (κ3) is 21.5. The van der Waals surface area contributed by atoms with Gasteiger partial charge in [0.2, 0.25) is 0 Å². The van der Waals surface area contributed by atoms with Gasteiger partial charge in [0, 0.05) is 0 Å². The summed E-state index contributed by atoms with van der Waals surface area (Å²) in [6, 6.07) is 0. The van der Waals surface area contributed by atoms with Crippen molar-refractivity contribution < 1.29 is 64.1 Å². The smallest absolute Gasteiger partial charge is 0.344 e. The summed E-state index contributed by atoms with van der Waals surface area (Å²) in [5.41, 5.74) is 0. The van der Waals surface area contributed by atoms with Crippen LogP contribution in [0.25, 0.3) is 0 Å². The molecule has 12 N–H and O–H groups in total. The first-order chi connectivity index (χ1) is 6.79. The summed E-state index contributed by atoms with van der Waals surface area (Å²) < 4.78 is 31.7. The molecule has 0 aromatic rings. The van der Waals surface area contributed by atoms with Gasteiger partial charge in [0.05, 0.1) is 0 Å². The van der Waals surface area contributed by atoms with E-state index in [1.165, 1.54) is 0 Å². The summed E-state index contributed by atoms with van der Waals surface area (Å²) in [5, 5.41) is 0. The van der Waals surface area contributed by atoms with Gasteiger partial charge in [0.15, 0.2) is 0 Å². The molecule has 0 rings (SSSR count). The molecule has 0 saturated carbocycles. The zero-order valence-electron chi connectivity index (χ0n) is 9.55. The van der Waals surface area contributed by atoms with Crippen LogP contribution in [0.1, 0.15) is 0 Å². The van der Waals surface area contributed by atoms with Crippen molar-refractivity contribution >= 4 is 22.8 Å².